The van der Waals surface area contributed by atoms with Crippen molar-refractivity contribution in [1.82, 2.24) is 0 Å². The van der Waals surface area contributed by atoms with Crippen molar-refractivity contribution in [2.75, 3.05) is 11.5 Å². The number of carbonyl (C=O) groups excluding carboxylic acids is 1. The van der Waals surface area contributed by atoms with E-state index in [0.29, 0.717) is 5.41 Å². The van der Waals surface area contributed by atoms with E-state index in [1.165, 1.54) is 72.5 Å². The highest BCUT2D eigenvalue weighted by Crippen LogP contribution is 2.81. The molecule has 4 aliphatic carbocycles. The number of carbonyl (C=O) groups is 1. The fraction of sp³-hybridized carbons (Fsp3) is 0.720. The van der Waals surface area contributed by atoms with Crippen molar-refractivity contribution in [2.24, 2.45) is 28.6 Å². The molecule has 1 aromatic carbocycles. The topological polar surface area (TPSA) is 26.3 Å². The zero-order chi connectivity index (χ0) is 19.1. The van der Waals surface area contributed by atoms with Gasteiger partial charge in [0.2, 0.25) is 0 Å². The van der Waals surface area contributed by atoms with E-state index in [2.05, 4.69) is 26.0 Å². The molecular weight excluding hydrogens is 364 g/mol. The van der Waals surface area contributed by atoms with Crippen molar-refractivity contribution in [3.63, 3.8) is 0 Å². The van der Waals surface area contributed by atoms with Gasteiger partial charge in [0, 0.05) is 0 Å². The third-order valence-corrected chi connectivity index (χ3v) is 12.0. The first-order chi connectivity index (χ1) is 13.5. The summed E-state index contributed by atoms with van der Waals surface area (Å²) in [7, 11) is 0.00368. The molecule has 5 fully saturated rings. The Bertz CT molecular complexity index is 812. The molecule has 5 unspecified atom stereocenters. The molecule has 2 nitrogen and oxygen atoms in total. The first-order valence-corrected chi connectivity index (χ1v) is 13.3. The lowest BCUT2D eigenvalue weighted by atomic mass is 9.46. The number of benzene rings is 1. The summed E-state index contributed by atoms with van der Waals surface area (Å²) in [5, 5.41) is 0. The molecule has 0 amide bonds. The largest absolute Gasteiger partial charge is 0.426 e. The van der Waals surface area contributed by atoms with Gasteiger partial charge in [-0.25, -0.2) is 10.9 Å². The number of hydrogen-bond acceptors (Lipinski definition) is 2. The highest BCUT2D eigenvalue weighted by Gasteiger charge is 2.77. The summed E-state index contributed by atoms with van der Waals surface area (Å²) in [5.74, 6) is 6.25. The summed E-state index contributed by atoms with van der Waals surface area (Å²) in [4.78, 5) is 15.1. The summed E-state index contributed by atoms with van der Waals surface area (Å²) in [6.07, 6.45) is 11.8. The van der Waals surface area contributed by atoms with Crippen LogP contribution in [0.25, 0.3) is 0 Å². The number of thiol groups is 1. The lowest BCUT2D eigenvalue weighted by molar-refractivity contribution is -0.176. The van der Waals surface area contributed by atoms with Crippen molar-refractivity contribution >= 4 is 16.9 Å². The van der Waals surface area contributed by atoms with Crippen LogP contribution in [0.2, 0.25) is 0 Å². The van der Waals surface area contributed by atoms with Crippen molar-refractivity contribution in [1.29, 1.82) is 0 Å². The van der Waals surface area contributed by atoms with Crippen LogP contribution >= 0.6 is 10.9 Å². The van der Waals surface area contributed by atoms with Crippen molar-refractivity contribution < 1.29 is 9.53 Å². The third-order valence-electron chi connectivity index (χ3n) is 9.31. The molecule has 5 aliphatic rings. The average Bonchev–Trinajstić information content (AvgIpc) is 3.00. The predicted molar refractivity (Wildman–Crippen MR) is 115 cm³/mol. The molecule has 28 heavy (non-hydrogen) atoms. The van der Waals surface area contributed by atoms with Gasteiger partial charge in [0.05, 0.1) is 5.41 Å². The van der Waals surface area contributed by atoms with Crippen molar-refractivity contribution in [3.05, 3.63) is 23.3 Å². The molecule has 1 aromatic rings. The van der Waals surface area contributed by atoms with Crippen LogP contribution < -0.4 is 4.74 Å². The summed E-state index contributed by atoms with van der Waals surface area (Å²) < 4.78 is 6.26. The van der Waals surface area contributed by atoms with Gasteiger partial charge in [-0.2, -0.15) is 0 Å². The maximum atomic E-state index is 13.6. The summed E-state index contributed by atoms with van der Waals surface area (Å²) >= 11 is 0. The Hall–Kier alpha value is -0.960. The Balaban J connectivity index is 1.27. The zero-order valence-corrected chi connectivity index (χ0v) is 18.3. The maximum Gasteiger partial charge on any atom is 0.318 e. The van der Waals surface area contributed by atoms with Gasteiger partial charge in [0.1, 0.15) is 5.75 Å². The van der Waals surface area contributed by atoms with E-state index >= 15 is 0 Å². The molecular formula is C25H34O2S. The Kier molecular flexibility index (Phi) is 3.85. The molecule has 6 rings (SSSR count). The Morgan fingerprint density at radius 3 is 2.43 bits per heavy atom. The van der Waals surface area contributed by atoms with Crippen LogP contribution in [0.1, 0.15) is 68.9 Å². The summed E-state index contributed by atoms with van der Waals surface area (Å²) in [6, 6.07) is 4.68. The Labute approximate surface area is 172 Å². The maximum absolute atomic E-state index is 13.6. The van der Waals surface area contributed by atoms with Gasteiger partial charge in [0.25, 0.3) is 0 Å². The molecule has 0 aromatic heterocycles. The Morgan fingerprint density at radius 2 is 1.68 bits per heavy atom. The van der Waals surface area contributed by atoms with Gasteiger partial charge in [-0.05, 0) is 128 Å². The first kappa shape index (κ1) is 17.9. The molecule has 3 heteroatoms. The highest BCUT2D eigenvalue weighted by molar-refractivity contribution is 8.17. The number of fused-ring (bicyclic) bond motifs is 2. The average molecular weight is 399 g/mol. The van der Waals surface area contributed by atoms with Crippen LogP contribution in [0.4, 0.5) is 0 Å². The number of hydrogen-bond donors (Lipinski definition) is 1. The predicted octanol–water partition coefficient (Wildman–Crippen LogP) is 5.97. The van der Waals surface area contributed by atoms with Crippen LogP contribution in [-0.4, -0.2) is 17.5 Å². The van der Waals surface area contributed by atoms with E-state index in [1.54, 1.807) is 0 Å². The standard InChI is InChI=1S/C25H34O2S/c1-16-8-21(28-6-4-3-5-7-28)9-17(2)22(16)27-23(26)25-14-19-10-18-11-20(15-25)24(25,12-18)13-19/h8-9,18-20,28H,3-7,10-15H2,1-2H3. The summed E-state index contributed by atoms with van der Waals surface area (Å²) in [6.45, 7) is 4.30. The SMILES string of the molecule is Cc1cc([SH]2CCCCC2)cc(C)c1OC(=O)C12CC3CC4CC(C1)C2(C4)C3. The molecule has 1 heterocycles. The van der Waals surface area contributed by atoms with Gasteiger partial charge in [-0.3, -0.25) is 4.79 Å². The van der Waals surface area contributed by atoms with Gasteiger partial charge < -0.3 is 4.74 Å². The highest BCUT2D eigenvalue weighted by atomic mass is 32.2. The Morgan fingerprint density at radius 1 is 0.964 bits per heavy atom. The van der Waals surface area contributed by atoms with Gasteiger partial charge in [0.15, 0.2) is 0 Å². The van der Waals surface area contributed by atoms with Gasteiger partial charge in [-0.15, -0.1) is 0 Å². The lowest BCUT2D eigenvalue weighted by Crippen LogP contribution is -2.58. The van der Waals surface area contributed by atoms with E-state index < -0.39 is 0 Å². The fourth-order valence-electron chi connectivity index (χ4n) is 8.36. The monoisotopic (exact) mass is 398 g/mol. The molecule has 0 N–H and O–H groups in total. The molecule has 0 radical (unpaired) electrons. The summed E-state index contributed by atoms with van der Waals surface area (Å²) in [5.41, 5.74) is 2.53. The molecule has 3 bridgehead atoms. The van der Waals surface area contributed by atoms with Crippen LogP contribution in [0.3, 0.4) is 0 Å². The van der Waals surface area contributed by atoms with Crippen molar-refractivity contribution in [2.45, 2.75) is 76.5 Å². The van der Waals surface area contributed by atoms with E-state index in [4.69, 9.17) is 4.74 Å². The first-order valence-electron chi connectivity index (χ1n) is 11.6. The molecule has 5 atom stereocenters. The molecule has 1 spiro atoms. The van der Waals surface area contributed by atoms with Gasteiger partial charge >= 0.3 is 5.97 Å². The normalized spacial score (nSPS) is 41.6. The minimum atomic E-state index is -0.140. The number of rotatable bonds is 3. The second kappa shape index (κ2) is 6.03. The second-order valence-electron chi connectivity index (χ2n) is 10.8. The lowest BCUT2D eigenvalue weighted by Gasteiger charge is -2.56. The molecule has 4 saturated carbocycles. The molecule has 152 valence electrons. The van der Waals surface area contributed by atoms with E-state index in [1.807, 2.05) is 0 Å². The smallest absolute Gasteiger partial charge is 0.318 e. The minimum absolute atomic E-state index is 0.00368. The molecule has 1 saturated heterocycles. The van der Waals surface area contributed by atoms with Crippen LogP contribution in [0, 0.1) is 42.4 Å². The number of ether oxygens (including phenoxy) is 1. The number of esters is 1. The second-order valence-corrected chi connectivity index (χ2v) is 13.3. The van der Waals surface area contributed by atoms with Crippen LogP contribution in [0.5, 0.6) is 5.75 Å². The van der Waals surface area contributed by atoms with Crippen molar-refractivity contribution in [3.8, 4) is 5.75 Å². The van der Waals surface area contributed by atoms with Crippen LogP contribution in [-0.2, 0) is 4.79 Å². The van der Waals surface area contributed by atoms with Crippen LogP contribution in [0.15, 0.2) is 17.0 Å². The van der Waals surface area contributed by atoms with Gasteiger partial charge in [-0.1, -0.05) is 6.42 Å². The fourth-order valence-corrected chi connectivity index (χ4v) is 11.1. The minimum Gasteiger partial charge on any atom is -0.426 e. The number of aryl methyl sites for hydroxylation is 2. The quantitative estimate of drug-likeness (QED) is 0.386. The zero-order valence-electron chi connectivity index (χ0n) is 17.4. The van der Waals surface area contributed by atoms with E-state index in [-0.39, 0.29) is 22.3 Å². The molecule has 1 aliphatic heterocycles. The van der Waals surface area contributed by atoms with E-state index in [0.717, 1.165) is 36.3 Å². The van der Waals surface area contributed by atoms with E-state index in [9.17, 15) is 4.79 Å². The third kappa shape index (κ3) is 2.26.